The molecule has 27 heavy (non-hydrogen) atoms. The first-order valence-electron chi connectivity index (χ1n) is 8.82. The molecule has 0 saturated carbocycles. The van der Waals surface area contributed by atoms with Gasteiger partial charge in [0.1, 0.15) is 17.2 Å². The maximum Gasteiger partial charge on any atom is 0.151 e. The molecule has 2 aromatic heterocycles. The van der Waals surface area contributed by atoms with Crippen LogP contribution in [0.4, 0.5) is 8.78 Å². The van der Waals surface area contributed by atoms with E-state index in [-0.39, 0.29) is 23.7 Å². The summed E-state index contributed by atoms with van der Waals surface area (Å²) in [6, 6.07) is 9.45. The number of hydrogen-bond donors (Lipinski definition) is 0. The molecular weight excluding hydrogens is 352 g/mol. The van der Waals surface area contributed by atoms with E-state index in [9.17, 15) is 8.78 Å². The summed E-state index contributed by atoms with van der Waals surface area (Å²) in [5.74, 6) is -0.661. The molecule has 0 bridgehead atoms. The molecule has 8 heteroatoms. The van der Waals surface area contributed by atoms with Crippen molar-refractivity contribution in [2.24, 2.45) is 0 Å². The van der Waals surface area contributed by atoms with Gasteiger partial charge in [0, 0.05) is 25.8 Å². The standard InChI is InChI=1S/C19H17F2N5O/c20-13-5-3-12(4-6-13)8-25-9-15-17(10-25)27-11-16-19(23-24-26(15)16)18-14(21)2-1-7-22-18/h1-7,15,17H,8-11H2/t15-,17-/m1/s1. The molecule has 2 atom stereocenters. The summed E-state index contributed by atoms with van der Waals surface area (Å²) in [5, 5.41) is 8.45. The number of halogens is 2. The zero-order valence-corrected chi connectivity index (χ0v) is 14.4. The molecule has 0 amide bonds. The molecule has 1 saturated heterocycles. The smallest absolute Gasteiger partial charge is 0.151 e. The van der Waals surface area contributed by atoms with Gasteiger partial charge in [-0.05, 0) is 29.8 Å². The average molecular weight is 369 g/mol. The van der Waals surface area contributed by atoms with Gasteiger partial charge in [-0.1, -0.05) is 17.3 Å². The van der Waals surface area contributed by atoms with Crippen molar-refractivity contribution < 1.29 is 13.5 Å². The van der Waals surface area contributed by atoms with Gasteiger partial charge in [0.05, 0.1) is 24.4 Å². The Balaban J connectivity index is 1.39. The van der Waals surface area contributed by atoms with Crippen LogP contribution >= 0.6 is 0 Å². The molecule has 0 aliphatic carbocycles. The molecule has 3 aromatic rings. The van der Waals surface area contributed by atoms with E-state index in [1.165, 1.54) is 24.4 Å². The van der Waals surface area contributed by atoms with Gasteiger partial charge in [-0.3, -0.25) is 9.88 Å². The predicted octanol–water partition coefficient (Wildman–Crippen LogP) is 2.57. The maximum absolute atomic E-state index is 14.1. The van der Waals surface area contributed by atoms with Gasteiger partial charge >= 0.3 is 0 Å². The van der Waals surface area contributed by atoms with E-state index >= 15 is 0 Å². The minimum atomic E-state index is -0.424. The first-order chi connectivity index (χ1) is 13.2. The summed E-state index contributed by atoms with van der Waals surface area (Å²) in [7, 11) is 0. The van der Waals surface area contributed by atoms with Crippen LogP contribution in [0, 0.1) is 11.6 Å². The number of aromatic nitrogens is 4. The Morgan fingerprint density at radius 2 is 1.93 bits per heavy atom. The SMILES string of the molecule is Fc1ccc(CN2C[C@@H]3[C@@H](C2)OCc2c(-c4ncccc4F)nnn23)cc1. The van der Waals surface area contributed by atoms with E-state index in [2.05, 4.69) is 20.2 Å². The Hall–Kier alpha value is -2.71. The predicted molar refractivity (Wildman–Crippen MR) is 92.5 cm³/mol. The van der Waals surface area contributed by atoms with Crippen LogP contribution in [0.25, 0.3) is 11.4 Å². The third-order valence-corrected chi connectivity index (χ3v) is 5.15. The Labute approximate surface area is 154 Å². The average Bonchev–Trinajstić information content (AvgIpc) is 3.27. The van der Waals surface area contributed by atoms with Crippen molar-refractivity contribution in [1.29, 1.82) is 0 Å². The molecule has 0 spiro atoms. The van der Waals surface area contributed by atoms with Gasteiger partial charge in [-0.2, -0.15) is 0 Å². The molecule has 2 aliphatic heterocycles. The van der Waals surface area contributed by atoms with Crippen LogP contribution < -0.4 is 0 Å². The summed E-state index contributed by atoms with van der Waals surface area (Å²) in [5.41, 5.74) is 2.42. The normalized spacial score (nSPS) is 21.9. The summed E-state index contributed by atoms with van der Waals surface area (Å²) in [6.45, 7) is 2.53. The molecule has 2 aliphatic rings. The molecule has 1 aromatic carbocycles. The van der Waals surface area contributed by atoms with Crippen molar-refractivity contribution in [2.45, 2.75) is 25.3 Å². The van der Waals surface area contributed by atoms with Gasteiger partial charge in [-0.15, -0.1) is 5.10 Å². The second-order valence-corrected chi connectivity index (χ2v) is 6.90. The van der Waals surface area contributed by atoms with E-state index in [1.807, 2.05) is 4.68 Å². The lowest BCUT2D eigenvalue weighted by Gasteiger charge is -2.26. The van der Waals surface area contributed by atoms with Crippen LogP contribution in [0.1, 0.15) is 17.3 Å². The van der Waals surface area contributed by atoms with Crippen LogP contribution in [0.5, 0.6) is 0 Å². The Kier molecular flexibility index (Phi) is 3.95. The third-order valence-electron chi connectivity index (χ3n) is 5.15. The van der Waals surface area contributed by atoms with Gasteiger partial charge in [-0.25, -0.2) is 13.5 Å². The molecule has 138 valence electrons. The lowest BCUT2D eigenvalue weighted by molar-refractivity contribution is -0.00495. The Bertz CT molecular complexity index is 974. The zero-order valence-electron chi connectivity index (χ0n) is 14.4. The van der Waals surface area contributed by atoms with Gasteiger partial charge in [0.25, 0.3) is 0 Å². The van der Waals surface area contributed by atoms with Crippen LogP contribution in [-0.4, -0.2) is 44.1 Å². The number of rotatable bonds is 3. The number of pyridine rings is 1. The molecule has 1 fully saturated rings. The van der Waals surface area contributed by atoms with Crippen LogP contribution in [0.3, 0.4) is 0 Å². The van der Waals surface area contributed by atoms with Crippen molar-refractivity contribution in [2.75, 3.05) is 13.1 Å². The Morgan fingerprint density at radius 3 is 2.74 bits per heavy atom. The highest BCUT2D eigenvalue weighted by molar-refractivity contribution is 5.57. The van der Waals surface area contributed by atoms with Crippen LogP contribution in [-0.2, 0) is 17.9 Å². The first kappa shape index (κ1) is 16.5. The quantitative estimate of drug-likeness (QED) is 0.710. The third kappa shape index (κ3) is 2.90. The van der Waals surface area contributed by atoms with Crippen molar-refractivity contribution in [3.05, 3.63) is 65.5 Å². The van der Waals surface area contributed by atoms with E-state index in [1.54, 1.807) is 18.2 Å². The van der Waals surface area contributed by atoms with E-state index in [4.69, 9.17) is 4.74 Å². The highest BCUT2D eigenvalue weighted by Crippen LogP contribution is 2.34. The maximum atomic E-state index is 14.1. The number of nitrogens with zero attached hydrogens (tertiary/aromatic N) is 5. The van der Waals surface area contributed by atoms with E-state index in [0.29, 0.717) is 18.8 Å². The topological polar surface area (TPSA) is 56.1 Å². The lowest BCUT2D eigenvalue weighted by atomic mass is 10.1. The van der Waals surface area contributed by atoms with Crippen LogP contribution in [0.15, 0.2) is 42.6 Å². The summed E-state index contributed by atoms with van der Waals surface area (Å²) in [4.78, 5) is 6.36. The molecule has 0 radical (unpaired) electrons. The van der Waals surface area contributed by atoms with E-state index < -0.39 is 5.82 Å². The number of fused-ring (bicyclic) bond motifs is 3. The van der Waals surface area contributed by atoms with Crippen molar-refractivity contribution in [3.8, 4) is 11.4 Å². The minimum absolute atomic E-state index is 0.000998. The second kappa shape index (κ2) is 6.47. The summed E-state index contributed by atoms with van der Waals surface area (Å²) < 4.78 is 35.1. The monoisotopic (exact) mass is 369 g/mol. The summed E-state index contributed by atoms with van der Waals surface area (Å²) in [6.07, 6.45) is 1.54. The van der Waals surface area contributed by atoms with Crippen molar-refractivity contribution in [3.63, 3.8) is 0 Å². The van der Waals surface area contributed by atoms with Gasteiger partial charge in [0.15, 0.2) is 5.82 Å². The first-order valence-corrected chi connectivity index (χ1v) is 8.82. The zero-order chi connectivity index (χ0) is 18.4. The number of benzene rings is 1. The molecule has 0 unspecified atom stereocenters. The fourth-order valence-electron chi connectivity index (χ4n) is 3.85. The highest BCUT2D eigenvalue weighted by atomic mass is 19.1. The number of likely N-dealkylation sites (tertiary alicyclic amines) is 1. The lowest BCUT2D eigenvalue weighted by Crippen LogP contribution is -2.32. The molecule has 5 rings (SSSR count). The van der Waals surface area contributed by atoms with Crippen molar-refractivity contribution >= 4 is 0 Å². The van der Waals surface area contributed by atoms with Crippen molar-refractivity contribution in [1.82, 2.24) is 24.9 Å². The van der Waals surface area contributed by atoms with Gasteiger partial charge < -0.3 is 4.74 Å². The van der Waals surface area contributed by atoms with E-state index in [0.717, 1.165) is 24.3 Å². The largest absolute Gasteiger partial charge is 0.368 e. The number of hydrogen-bond acceptors (Lipinski definition) is 5. The minimum Gasteiger partial charge on any atom is -0.368 e. The fraction of sp³-hybridized carbons (Fsp3) is 0.316. The summed E-state index contributed by atoms with van der Waals surface area (Å²) >= 11 is 0. The molecule has 6 nitrogen and oxygen atoms in total. The molecular formula is C19H17F2N5O. The molecule has 4 heterocycles. The van der Waals surface area contributed by atoms with Gasteiger partial charge in [0.2, 0.25) is 0 Å². The molecule has 0 N–H and O–H groups in total. The second-order valence-electron chi connectivity index (χ2n) is 6.90. The van der Waals surface area contributed by atoms with Crippen LogP contribution in [0.2, 0.25) is 0 Å². The highest BCUT2D eigenvalue weighted by Gasteiger charge is 2.41. The fourth-order valence-corrected chi connectivity index (χ4v) is 3.85. The Morgan fingerprint density at radius 1 is 1.07 bits per heavy atom. The number of ether oxygens (including phenoxy) is 1.